The zero-order valence-electron chi connectivity index (χ0n) is 16.7. The van der Waals surface area contributed by atoms with Crippen molar-refractivity contribution in [1.82, 2.24) is 15.6 Å². The Bertz CT molecular complexity index is 1160. The van der Waals surface area contributed by atoms with E-state index in [4.69, 9.17) is 42.2 Å². The summed E-state index contributed by atoms with van der Waals surface area (Å²) >= 11 is 12.9. The summed E-state index contributed by atoms with van der Waals surface area (Å²) < 4.78 is 16.0. The van der Waals surface area contributed by atoms with Gasteiger partial charge in [0.2, 0.25) is 0 Å². The summed E-state index contributed by atoms with van der Waals surface area (Å²) in [5.41, 5.74) is 2.99. The van der Waals surface area contributed by atoms with Gasteiger partial charge in [-0.15, -0.1) is 10.2 Å². The van der Waals surface area contributed by atoms with Crippen molar-refractivity contribution in [3.63, 3.8) is 0 Å². The van der Waals surface area contributed by atoms with E-state index in [0.717, 1.165) is 11.8 Å². The van der Waals surface area contributed by atoms with E-state index in [0.29, 0.717) is 27.1 Å². The van der Waals surface area contributed by atoms with Crippen molar-refractivity contribution in [2.75, 3.05) is 12.4 Å². The topological polar surface area (TPSA) is 136 Å². The molecule has 0 aliphatic carbocycles. The van der Waals surface area contributed by atoms with Crippen molar-refractivity contribution in [1.29, 1.82) is 0 Å². The molecule has 13 heteroatoms. The van der Waals surface area contributed by atoms with Crippen LogP contribution < -0.4 is 14.9 Å². The van der Waals surface area contributed by atoms with Crippen molar-refractivity contribution in [2.24, 2.45) is 5.10 Å². The molecule has 0 saturated heterocycles. The minimum Gasteiger partial charge on any atom is -0.482 e. The minimum absolute atomic E-state index is 0.000640. The smallest absolute Gasteiger partial charge is 0.341 e. The van der Waals surface area contributed by atoms with E-state index in [1.54, 1.807) is 42.5 Å². The Hall–Kier alpha value is -3.28. The Labute approximate surface area is 201 Å². The van der Waals surface area contributed by atoms with Crippen LogP contribution in [0.15, 0.2) is 57.2 Å². The van der Waals surface area contributed by atoms with E-state index >= 15 is 0 Å². The largest absolute Gasteiger partial charge is 0.482 e. The van der Waals surface area contributed by atoms with Crippen LogP contribution in [0.25, 0.3) is 0 Å². The molecule has 33 heavy (non-hydrogen) atoms. The van der Waals surface area contributed by atoms with Gasteiger partial charge in [-0.25, -0.2) is 10.2 Å². The van der Waals surface area contributed by atoms with E-state index in [1.165, 1.54) is 6.21 Å². The maximum atomic E-state index is 12.0. The van der Waals surface area contributed by atoms with E-state index in [-0.39, 0.29) is 23.5 Å². The number of carbonyl (C=O) groups excluding carboxylic acids is 1. The van der Waals surface area contributed by atoms with Crippen molar-refractivity contribution in [3.8, 4) is 11.5 Å². The Morgan fingerprint density at radius 3 is 2.82 bits per heavy atom. The number of thioether (sulfide) groups is 1. The first kappa shape index (κ1) is 24.4. The number of aliphatic carboxylic acids is 1. The van der Waals surface area contributed by atoms with Gasteiger partial charge in [0.15, 0.2) is 13.2 Å². The molecule has 2 N–H and O–H groups in total. The van der Waals surface area contributed by atoms with Crippen molar-refractivity contribution < 1.29 is 28.6 Å². The number of carboxylic acid groups (broad SMARTS) is 1. The quantitative estimate of drug-likeness (QED) is 0.225. The first-order chi connectivity index (χ1) is 15.9. The monoisotopic (exact) mass is 510 g/mol. The molecule has 0 bridgehead atoms. The number of hydrogen-bond acceptors (Lipinski definition) is 9. The molecule has 1 heterocycles. The summed E-state index contributed by atoms with van der Waals surface area (Å²) in [6, 6.07) is 11.4. The van der Waals surface area contributed by atoms with Crippen LogP contribution in [0.1, 0.15) is 11.5 Å². The third kappa shape index (κ3) is 8.29. The Morgan fingerprint density at radius 2 is 2.03 bits per heavy atom. The van der Waals surface area contributed by atoms with Gasteiger partial charge in [-0.1, -0.05) is 47.1 Å². The predicted octanol–water partition coefficient (Wildman–Crippen LogP) is 3.66. The molecule has 2 aromatic carbocycles. The molecule has 0 aliphatic rings. The summed E-state index contributed by atoms with van der Waals surface area (Å²) in [6.45, 7) is -0.451. The van der Waals surface area contributed by atoms with Gasteiger partial charge in [-0.3, -0.25) is 4.79 Å². The summed E-state index contributed by atoms with van der Waals surface area (Å²) in [5.74, 6) is -0.469. The number of rotatable bonds is 11. The normalized spacial score (nSPS) is 10.8. The third-order valence-corrected chi connectivity index (χ3v) is 4.99. The van der Waals surface area contributed by atoms with Crippen LogP contribution in [0.3, 0.4) is 0 Å². The van der Waals surface area contributed by atoms with Crippen molar-refractivity contribution in [2.45, 2.75) is 11.8 Å². The second-order valence-corrected chi connectivity index (χ2v) is 7.93. The van der Waals surface area contributed by atoms with Crippen LogP contribution in [0, 0.1) is 0 Å². The fourth-order valence-corrected chi connectivity index (χ4v) is 3.29. The lowest BCUT2D eigenvalue weighted by molar-refractivity contribution is -0.139. The highest BCUT2D eigenvalue weighted by Crippen LogP contribution is 2.28. The van der Waals surface area contributed by atoms with E-state index in [2.05, 4.69) is 20.7 Å². The van der Waals surface area contributed by atoms with Gasteiger partial charge in [0, 0.05) is 5.02 Å². The van der Waals surface area contributed by atoms with Gasteiger partial charge in [0.05, 0.1) is 17.0 Å². The fourth-order valence-electron chi connectivity index (χ4n) is 2.25. The Balaban J connectivity index is 1.41. The van der Waals surface area contributed by atoms with Gasteiger partial charge in [-0.2, -0.15) is 5.10 Å². The molecule has 10 nitrogen and oxygen atoms in total. The minimum atomic E-state index is -1.08. The number of amides is 1. The molecule has 0 saturated carbocycles. The molecular weight excluding hydrogens is 495 g/mol. The number of halogens is 2. The Morgan fingerprint density at radius 1 is 1.18 bits per heavy atom. The molecule has 0 fully saturated rings. The van der Waals surface area contributed by atoms with Crippen molar-refractivity contribution >= 4 is 53.1 Å². The fraction of sp³-hybridized carbons (Fsp3) is 0.150. The van der Waals surface area contributed by atoms with E-state index in [1.807, 2.05) is 0 Å². The highest BCUT2D eigenvalue weighted by Gasteiger charge is 2.11. The number of nitrogens with zero attached hydrogens (tertiary/aromatic N) is 3. The number of hydrogen-bond donors (Lipinski definition) is 2. The van der Waals surface area contributed by atoms with Crippen LogP contribution >= 0.6 is 35.0 Å². The molecule has 1 amide bonds. The summed E-state index contributed by atoms with van der Waals surface area (Å²) in [6.07, 6.45) is 1.40. The lowest BCUT2D eigenvalue weighted by atomic mass is 10.2. The lowest BCUT2D eigenvalue weighted by Gasteiger charge is -2.05. The second kappa shape index (κ2) is 12.1. The number of nitrogens with one attached hydrogen (secondary N) is 1. The maximum Gasteiger partial charge on any atom is 0.341 e. The highest BCUT2D eigenvalue weighted by atomic mass is 35.5. The molecule has 0 aliphatic heterocycles. The van der Waals surface area contributed by atoms with Gasteiger partial charge < -0.3 is 19.0 Å². The first-order valence-corrected chi connectivity index (χ1v) is 10.9. The molecule has 0 spiro atoms. The second-order valence-electron chi connectivity index (χ2n) is 6.16. The average Bonchev–Trinajstić information content (AvgIpc) is 3.24. The van der Waals surface area contributed by atoms with Gasteiger partial charge in [0.1, 0.15) is 11.5 Å². The Kier molecular flexibility index (Phi) is 8.93. The van der Waals surface area contributed by atoms with E-state index in [9.17, 15) is 9.59 Å². The number of hydrazone groups is 1. The van der Waals surface area contributed by atoms with Gasteiger partial charge in [0.25, 0.3) is 17.0 Å². The maximum absolute atomic E-state index is 12.0. The number of ether oxygens (including phenoxy) is 2. The van der Waals surface area contributed by atoms with Crippen LogP contribution in [-0.2, 0) is 16.2 Å². The predicted molar refractivity (Wildman–Crippen MR) is 121 cm³/mol. The molecule has 0 unspecified atom stereocenters. The molecule has 3 aromatic rings. The standard InChI is InChI=1S/C20H16Cl2N4O6S/c21-13-4-5-16(15(22)7-13)31-9-18-25-26-20(32-18)33-11-17(27)24-23-8-12-2-1-3-14(6-12)30-10-19(28)29/h1-8H,9-11H2,(H,24,27)(H,28,29)/b23-8-. The lowest BCUT2D eigenvalue weighted by Crippen LogP contribution is -2.19. The van der Waals surface area contributed by atoms with Crippen molar-refractivity contribution in [3.05, 3.63) is 64.0 Å². The molecule has 0 radical (unpaired) electrons. The molecule has 1 aromatic heterocycles. The van der Waals surface area contributed by atoms with Gasteiger partial charge in [-0.05, 0) is 35.9 Å². The SMILES string of the molecule is O=C(O)COc1cccc(/C=N\NC(=O)CSc2nnc(COc3ccc(Cl)cc3Cl)o2)c1. The zero-order valence-corrected chi connectivity index (χ0v) is 19.1. The molecule has 3 rings (SSSR count). The number of carbonyl (C=O) groups is 2. The number of carboxylic acids is 1. The van der Waals surface area contributed by atoms with Gasteiger partial charge >= 0.3 is 5.97 Å². The van der Waals surface area contributed by atoms with Crippen LogP contribution in [0.2, 0.25) is 10.0 Å². The average molecular weight is 511 g/mol. The summed E-state index contributed by atoms with van der Waals surface area (Å²) in [4.78, 5) is 22.5. The van der Waals surface area contributed by atoms with Crippen LogP contribution in [-0.4, -0.2) is 45.8 Å². The van der Waals surface area contributed by atoms with Crippen LogP contribution in [0.5, 0.6) is 11.5 Å². The number of aromatic nitrogens is 2. The zero-order chi connectivity index (χ0) is 23.6. The highest BCUT2D eigenvalue weighted by molar-refractivity contribution is 7.99. The third-order valence-electron chi connectivity index (χ3n) is 3.64. The molecule has 172 valence electrons. The van der Waals surface area contributed by atoms with Crippen LogP contribution in [0.4, 0.5) is 0 Å². The first-order valence-electron chi connectivity index (χ1n) is 9.18. The molecular formula is C20H16Cl2N4O6S. The number of benzene rings is 2. The van der Waals surface area contributed by atoms with E-state index < -0.39 is 18.5 Å². The summed E-state index contributed by atoms with van der Waals surface area (Å²) in [7, 11) is 0. The summed E-state index contributed by atoms with van der Waals surface area (Å²) in [5, 5.41) is 21.2. The molecule has 0 atom stereocenters.